The van der Waals surface area contributed by atoms with Gasteiger partial charge < -0.3 is 19.0 Å². The number of hydrogen-bond donors (Lipinski definition) is 1. The summed E-state index contributed by atoms with van der Waals surface area (Å²) in [5.74, 6) is 0. The summed E-state index contributed by atoms with van der Waals surface area (Å²) in [7, 11) is -2.39. The van der Waals surface area contributed by atoms with Gasteiger partial charge in [0.1, 0.15) is 0 Å². The molecule has 0 bridgehead atoms. The first-order chi connectivity index (χ1) is 7.24. The Morgan fingerprint density at radius 3 is 1.62 bits per heavy atom. The van der Waals surface area contributed by atoms with Gasteiger partial charge in [0, 0.05) is 25.9 Å². The largest absolute Gasteiger partial charge is 0.500 e. The summed E-state index contributed by atoms with van der Waals surface area (Å²) < 4.78 is 17.1. The quantitative estimate of drug-likeness (QED) is 0.458. The van der Waals surface area contributed by atoms with E-state index in [-0.39, 0.29) is 11.0 Å². The van der Waals surface area contributed by atoms with Crippen molar-refractivity contribution < 1.29 is 13.3 Å². The van der Waals surface area contributed by atoms with Gasteiger partial charge in [-0.25, -0.2) is 0 Å². The summed E-state index contributed by atoms with van der Waals surface area (Å²) >= 11 is 0. The smallest absolute Gasteiger partial charge is 0.374 e. The van der Waals surface area contributed by atoms with Crippen LogP contribution in [-0.2, 0) is 13.3 Å². The molecule has 0 aromatic carbocycles. The highest BCUT2D eigenvalue weighted by Gasteiger charge is 2.39. The van der Waals surface area contributed by atoms with Crippen molar-refractivity contribution in [2.24, 2.45) is 5.73 Å². The van der Waals surface area contributed by atoms with Crippen LogP contribution >= 0.6 is 0 Å². The zero-order chi connectivity index (χ0) is 11.6. The Morgan fingerprint density at radius 2 is 1.31 bits per heavy atom. The molecule has 0 atom stereocenters. The van der Waals surface area contributed by atoms with Crippen LogP contribution in [0.15, 0.2) is 0 Å². The highest BCUT2D eigenvalue weighted by Crippen LogP contribution is 2.18. The van der Waals surface area contributed by atoms with Crippen molar-refractivity contribution in [2.45, 2.75) is 39.7 Å². The van der Waals surface area contributed by atoms with Crippen LogP contribution < -0.4 is 5.73 Å². The predicted octanol–water partition coefficient (Wildman–Crippen LogP) is 0.322. The van der Waals surface area contributed by atoms with E-state index in [0.717, 1.165) is 25.4 Å². The van der Waals surface area contributed by atoms with Gasteiger partial charge in [0.05, 0.1) is 0 Å². The average molecular weight is 268 g/mol. The molecule has 4 nitrogen and oxygen atoms in total. The van der Waals surface area contributed by atoms with E-state index in [9.17, 15) is 0 Å². The summed E-state index contributed by atoms with van der Waals surface area (Å²) in [5.41, 5.74) is 5.47. The first kappa shape index (κ1) is 18.6. The van der Waals surface area contributed by atoms with E-state index in [4.69, 9.17) is 19.0 Å². The minimum absolute atomic E-state index is 0. The maximum atomic E-state index is 5.71. The lowest BCUT2D eigenvalue weighted by Crippen LogP contribution is -2.45. The molecule has 0 aliphatic rings. The molecule has 0 unspecified atom stereocenters. The van der Waals surface area contributed by atoms with E-state index in [1.54, 1.807) is 0 Å². The fraction of sp³-hybridized carbons (Fsp3) is 1.00. The monoisotopic (exact) mass is 267 g/mol. The molecule has 0 aromatic rings. The molecule has 0 saturated heterocycles. The molecule has 0 aliphatic heterocycles. The molecule has 0 aliphatic carbocycles. The Morgan fingerprint density at radius 1 is 0.875 bits per heavy atom. The molecule has 0 heterocycles. The summed E-state index contributed by atoms with van der Waals surface area (Å²) in [6.45, 7) is 8.58. The van der Waals surface area contributed by atoms with E-state index >= 15 is 0 Å². The number of unbranched alkanes of at least 4 members (excludes halogenated alkanes) is 1. The van der Waals surface area contributed by atoms with Crippen molar-refractivity contribution in [1.29, 1.82) is 0 Å². The zero-order valence-corrected chi connectivity index (χ0v) is 11.3. The van der Waals surface area contributed by atoms with Gasteiger partial charge in [0.25, 0.3) is 0 Å². The van der Waals surface area contributed by atoms with Crippen LogP contribution in [0.3, 0.4) is 0 Å². The molecule has 0 saturated carbocycles. The van der Waals surface area contributed by atoms with Crippen LogP contribution in [-0.4, -0.2) is 46.1 Å². The molecule has 16 heavy (non-hydrogen) atoms. The van der Waals surface area contributed by atoms with Crippen molar-refractivity contribution in [2.75, 3.05) is 26.4 Å². The maximum Gasteiger partial charge on any atom is 0.500 e. The number of hydrogen-bond acceptors (Lipinski definition) is 4. The van der Waals surface area contributed by atoms with Crippen LogP contribution in [0.25, 0.3) is 0 Å². The predicted molar refractivity (Wildman–Crippen MR) is 75.1 cm³/mol. The van der Waals surface area contributed by atoms with Crippen molar-refractivity contribution in [1.82, 2.24) is 0 Å². The highest BCUT2D eigenvalue weighted by atomic mass is 28.4. The zero-order valence-electron chi connectivity index (χ0n) is 10.3. The lowest BCUT2D eigenvalue weighted by molar-refractivity contribution is 0.0707. The summed E-state index contributed by atoms with van der Waals surface area (Å²) in [5, 5.41) is 0. The number of nitrogens with two attached hydrogens (primary N) is 1. The Bertz CT molecular complexity index is 133. The SMILES string of the molecule is CCO[Si](CCCCN)(OCC)OCC.[SiH4]. The third-order valence-corrected chi connectivity index (χ3v) is 5.18. The standard InChI is InChI=1S/C10H25NO3Si.H4Si/c1-4-12-15(13-5-2,14-6-3)10-8-7-9-11;/h4-11H2,1-3H3;1H4. The molecule has 0 rings (SSSR count). The van der Waals surface area contributed by atoms with Crippen LogP contribution in [0.5, 0.6) is 0 Å². The first-order valence-corrected chi connectivity index (χ1v) is 7.79. The van der Waals surface area contributed by atoms with Crippen molar-refractivity contribution in [3.05, 3.63) is 0 Å². The van der Waals surface area contributed by atoms with Crippen LogP contribution in [0.1, 0.15) is 33.6 Å². The molecule has 0 radical (unpaired) electrons. The van der Waals surface area contributed by atoms with E-state index in [1.165, 1.54) is 0 Å². The average Bonchev–Trinajstić information content (AvgIpc) is 2.19. The second-order valence-electron chi connectivity index (χ2n) is 3.23. The Hall–Kier alpha value is 0.274. The molecular weight excluding hydrogens is 238 g/mol. The Kier molecular flexibility index (Phi) is 13.7. The lowest BCUT2D eigenvalue weighted by atomic mass is 10.3. The molecule has 100 valence electrons. The molecule has 0 amide bonds. The minimum atomic E-state index is -2.39. The Labute approximate surface area is 105 Å². The van der Waals surface area contributed by atoms with Gasteiger partial charge in [-0.3, -0.25) is 0 Å². The van der Waals surface area contributed by atoms with Crippen molar-refractivity contribution in [3.8, 4) is 0 Å². The molecule has 0 spiro atoms. The topological polar surface area (TPSA) is 53.7 Å². The van der Waals surface area contributed by atoms with E-state index in [1.807, 2.05) is 20.8 Å². The first-order valence-electron chi connectivity index (χ1n) is 5.86. The molecule has 0 aromatic heterocycles. The third-order valence-electron chi connectivity index (χ3n) is 2.03. The number of rotatable bonds is 10. The maximum absolute atomic E-state index is 5.71. The van der Waals surface area contributed by atoms with Gasteiger partial charge in [-0.05, 0) is 51.1 Å². The van der Waals surface area contributed by atoms with Crippen LogP contribution in [0, 0.1) is 0 Å². The van der Waals surface area contributed by atoms with Crippen LogP contribution in [0.2, 0.25) is 6.04 Å². The van der Waals surface area contributed by atoms with Gasteiger partial charge >= 0.3 is 8.80 Å². The second-order valence-corrected chi connectivity index (χ2v) is 5.96. The summed E-state index contributed by atoms with van der Waals surface area (Å²) in [4.78, 5) is 0. The molecule has 6 heteroatoms. The van der Waals surface area contributed by atoms with E-state index in [2.05, 4.69) is 0 Å². The van der Waals surface area contributed by atoms with Gasteiger partial charge in [0.15, 0.2) is 0 Å². The van der Waals surface area contributed by atoms with E-state index < -0.39 is 8.80 Å². The molecule has 2 N–H and O–H groups in total. The van der Waals surface area contributed by atoms with Gasteiger partial charge in [0.2, 0.25) is 0 Å². The van der Waals surface area contributed by atoms with Gasteiger partial charge in [-0.2, -0.15) is 0 Å². The second kappa shape index (κ2) is 11.8. The summed E-state index contributed by atoms with van der Waals surface area (Å²) in [6, 6.07) is 0.875. The third kappa shape index (κ3) is 7.53. The Balaban J connectivity index is 0. The van der Waals surface area contributed by atoms with Crippen LogP contribution in [0.4, 0.5) is 0 Å². The molecular formula is C10H29NO3Si2. The van der Waals surface area contributed by atoms with Gasteiger partial charge in [-0.1, -0.05) is 0 Å². The lowest BCUT2D eigenvalue weighted by Gasteiger charge is -2.28. The fourth-order valence-corrected chi connectivity index (χ4v) is 4.17. The minimum Gasteiger partial charge on any atom is -0.374 e. The fourth-order valence-electron chi connectivity index (χ4n) is 1.49. The normalized spacial score (nSPS) is 11.2. The van der Waals surface area contributed by atoms with Crippen molar-refractivity contribution >= 4 is 19.8 Å². The highest BCUT2D eigenvalue weighted by molar-refractivity contribution is 6.60. The van der Waals surface area contributed by atoms with Gasteiger partial charge in [-0.15, -0.1) is 0 Å². The van der Waals surface area contributed by atoms with E-state index in [0.29, 0.717) is 19.8 Å². The molecule has 0 fully saturated rings. The summed E-state index contributed by atoms with van der Waals surface area (Å²) in [6.07, 6.45) is 2.02. The van der Waals surface area contributed by atoms with Crippen molar-refractivity contribution in [3.63, 3.8) is 0 Å².